The molecule has 90 valence electrons. The van der Waals surface area contributed by atoms with E-state index in [1.807, 2.05) is 13.8 Å². The van der Waals surface area contributed by atoms with Crippen LogP contribution in [0, 0.1) is 12.7 Å². The molecule has 0 aliphatic heterocycles. The van der Waals surface area contributed by atoms with Crippen molar-refractivity contribution in [1.82, 2.24) is 0 Å². The van der Waals surface area contributed by atoms with Gasteiger partial charge in [0.2, 0.25) is 5.76 Å². The zero-order valence-electron chi connectivity index (χ0n) is 9.87. The van der Waals surface area contributed by atoms with Crippen LogP contribution in [-0.4, -0.2) is 11.1 Å². The second kappa shape index (κ2) is 3.87. The number of benzene rings is 1. The van der Waals surface area contributed by atoms with Crippen molar-refractivity contribution >= 4 is 16.9 Å². The van der Waals surface area contributed by atoms with Crippen LogP contribution in [0.1, 0.15) is 41.4 Å². The number of rotatable bonds is 2. The van der Waals surface area contributed by atoms with Crippen LogP contribution in [0.2, 0.25) is 0 Å². The van der Waals surface area contributed by atoms with Gasteiger partial charge in [0.25, 0.3) is 0 Å². The first kappa shape index (κ1) is 11.6. The maximum Gasteiger partial charge on any atom is 0.372 e. The molecule has 0 bridgehead atoms. The second-order valence-electron chi connectivity index (χ2n) is 4.38. The summed E-state index contributed by atoms with van der Waals surface area (Å²) in [5.41, 5.74) is 1.02. The van der Waals surface area contributed by atoms with Crippen LogP contribution in [0.3, 0.4) is 0 Å². The van der Waals surface area contributed by atoms with Crippen LogP contribution in [0.15, 0.2) is 16.5 Å². The third-order valence-corrected chi connectivity index (χ3v) is 2.80. The predicted molar refractivity (Wildman–Crippen MR) is 62.0 cm³/mol. The number of hydrogen-bond acceptors (Lipinski definition) is 2. The molecule has 4 heteroatoms. The van der Waals surface area contributed by atoms with Gasteiger partial charge in [-0.25, -0.2) is 9.18 Å². The highest BCUT2D eigenvalue weighted by Gasteiger charge is 2.24. The third kappa shape index (κ3) is 1.69. The Morgan fingerprint density at radius 2 is 2.06 bits per heavy atom. The topological polar surface area (TPSA) is 50.4 Å². The Morgan fingerprint density at radius 3 is 2.59 bits per heavy atom. The largest absolute Gasteiger partial charge is 0.475 e. The van der Waals surface area contributed by atoms with Crippen LogP contribution in [-0.2, 0) is 0 Å². The maximum atomic E-state index is 13.8. The van der Waals surface area contributed by atoms with E-state index in [1.54, 1.807) is 19.1 Å². The Kier molecular flexibility index (Phi) is 2.65. The Labute approximate surface area is 97.9 Å². The highest BCUT2D eigenvalue weighted by Crippen LogP contribution is 2.34. The highest BCUT2D eigenvalue weighted by atomic mass is 19.1. The number of hydrogen-bond donors (Lipinski definition) is 1. The van der Waals surface area contributed by atoms with Crippen LogP contribution in [0.4, 0.5) is 4.39 Å². The minimum atomic E-state index is -1.16. The summed E-state index contributed by atoms with van der Waals surface area (Å²) in [4.78, 5) is 11.1. The van der Waals surface area contributed by atoms with E-state index in [4.69, 9.17) is 9.52 Å². The average Bonchev–Trinajstić information content (AvgIpc) is 2.63. The smallest absolute Gasteiger partial charge is 0.372 e. The minimum Gasteiger partial charge on any atom is -0.475 e. The van der Waals surface area contributed by atoms with Gasteiger partial charge in [-0.1, -0.05) is 26.0 Å². The minimum absolute atomic E-state index is 0.0334. The second-order valence-corrected chi connectivity index (χ2v) is 4.38. The number of fused-ring (bicyclic) bond motifs is 1. The lowest BCUT2D eigenvalue weighted by atomic mass is 9.98. The molecule has 1 heterocycles. The van der Waals surface area contributed by atoms with E-state index in [-0.39, 0.29) is 17.3 Å². The zero-order valence-corrected chi connectivity index (χ0v) is 9.87. The van der Waals surface area contributed by atoms with Crippen LogP contribution in [0.5, 0.6) is 0 Å². The first-order chi connectivity index (χ1) is 7.93. The fourth-order valence-corrected chi connectivity index (χ4v) is 1.98. The van der Waals surface area contributed by atoms with Crippen molar-refractivity contribution < 1.29 is 18.7 Å². The van der Waals surface area contributed by atoms with Gasteiger partial charge in [0.15, 0.2) is 11.4 Å². The van der Waals surface area contributed by atoms with Crippen LogP contribution < -0.4 is 0 Å². The van der Waals surface area contributed by atoms with Gasteiger partial charge in [-0.15, -0.1) is 0 Å². The summed E-state index contributed by atoms with van der Waals surface area (Å²) < 4.78 is 19.0. The number of aromatic carboxylic acids is 1. The molecule has 0 unspecified atom stereocenters. The van der Waals surface area contributed by atoms with Gasteiger partial charge in [0, 0.05) is 10.9 Å². The van der Waals surface area contributed by atoms with E-state index in [0.717, 1.165) is 0 Å². The normalized spacial score (nSPS) is 11.4. The number of carbonyl (C=O) groups is 1. The maximum absolute atomic E-state index is 13.8. The lowest BCUT2D eigenvalue weighted by Gasteiger charge is -2.03. The van der Waals surface area contributed by atoms with Crippen molar-refractivity contribution in [1.29, 1.82) is 0 Å². The number of furan rings is 1. The van der Waals surface area contributed by atoms with E-state index in [2.05, 4.69) is 0 Å². The van der Waals surface area contributed by atoms with Crippen molar-refractivity contribution in [3.8, 4) is 0 Å². The van der Waals surface area contributed by atoms with Gasteiger partial charge in [0.1, 0.15) is 0 Å². The molecule has 0 radical (unpaired) electrons. The summed E-state index contributed by atoms with van der Waals surface area (Å²) in [6, 6.07) is 3.34. The molecule has 0 saturated heterocycles. The summed E-state index contributed by atoms with van der Waals surface area (Å²) in [5.74, 6) is -1.86. The molecule has 0 saturated carbocycles. The van der Waals surface area contributed by atoms with E-state index in [1.165, 1.54) is 0 Å². The molecule has 1 aromatic heterocycles. The molecule has 0 aliphatic carbocycles. The Hall–Kier alpha value is -1.84. The molecule has 0 spiro atoms. The third-order valence-electron chi connectivity index (χ3n) is 2.80. The summed E-state index contributed by atoms with van der Waals surface area (Å²) in [7, 11) is 0. The van der Waals surface area contributed by atoms with Crippen LogP contribution in [0.25, 0.3) is 11.0 Å². The molecule has 2 rings (SSSR count). The number of carboxylic acids is 1. The van der Waals surface area contributed by atoms with Gasteiger partial charge in [-0.05, 0) is 18.4 Å². The molecular formula is C13H13FO3. The van der Waals surface area contributed by atoms with Gasteiger partial charge < -0.3 is 9.52 Å². The first-order valence-corrected chi connectivity index (χ1v) is 5.38. The summed E-state index contributed by atoms with van der Waals surface area (Å²) in [6.45, 7) is 5.33. The number of halogens is 1. The van der Waals surface area contributed by atoms with Gasteiger partial charge in [-0.3, -0.25) is 0 Å². The van der Waals surface area contributed by atoms with Crippen molar-refractivity contribution in [3.05, 3.63) is 34.8 Å². The lowest BCUT2D eigenvalue weighted by Crippen LogP contribution is -2.00. The van der Waals surface area contributed by atoms with Crippen molar-refractivity contribution in [2.45, 2.75) is 26.7 Å². The zero-order chi connectivity index (χ0) is 12.7. The Bertz CT molecular complexity index is 596. The molecular weight excluding hydrogens is 223 g/mol. The highest BCUT2D eigenvalue weighted by molar-refractivity contribution is 5.95. The molecule has 1 aromatic carbocycles. The quantitative estimate of drug-likeness (QED) is 0.864. The number of aryl methyl sites for hydroxylation is 1. The van der Waals surface area contributed by atoms with Gasteiger partial charge >= 0.3 is 5.97 Å². The molecule has 0 fully saturated rings. The van der Waals surface area contributed by atoms with Gasteiger partial charge in [-0.2, -0.15) is 0 Å². The molecule has 17 heavy (non-hydrogen) atoms. The van der Waals surface area contributed by atoms with E-state index < -0.39 is 11.8 Å². The molecule has 1 N–H and O–H groups in total. The van der Waals surface area contributed by atoms with Gasteiger partial charge in [0.05, 0.1) is 0 Å². The van der Waals surface area contributed by atoms with Crippen LogP contribution >= 0.6 is 0 Å². The fourth-order valence-electron chi connectivity index (χ4n) is 1.98. The van der Waals surface area contributed by atoms with Crippen molar-refractivity contribution in [2.75, 3.05) is 0 Å². The lowest BCUT2D eigenvalue weighted by molar-refractivity contribution is 0.0662. The first-order valence-electron chi connectivity index (χ1n) is 5.38. The summed E-state index contributed by atoms with van der Waals surface area (Å²) in [6.07, 6.45) is 0. The van der Waals surface area contributed by atoms with E-state index in [0.29, 0.717) is 16.5 Å². The fraction of sp³-hybridized carbons (Fsp3) is 0.308. The summed E-state index contributed by atoms with van der Waals surface area (Å²) in [5, 5.41) is 9.60. The monoisotopic (exact) mass is 236 g/mol. The van der Waals surface area contributed by atoms with E-state index in [9.17, 15) is 9.18 Å². The molecule has 3 nitrogen and oxygen atoms in total. The van der Waals surface area contributed by atoms with Crippen molar-refractivity contribution in [3.63, 3.8) is 0 Å². The molecule has 2 aromatic rings. The Morgan fingerprint density at radius 1 is 1.41 bits per heavy atom. The average molecular weight is 236 g/mol. The SMILES string of the molecule is Cc1ccc2c(C(C)C)c(C(=O)O)oc2c1F. The standard InChI is InChI=1S/C13H13FO3/c1-6(2)9-8-5-4-7(3)10(14)11(8)17-12(9)13(15)16/h4-6H,1-3H3,(H,15,16). The predicted octanol–water partition coefficient (Wildman–Crippen LogP) is 3.70. The van der Waals surface area contributed by atoms with E-state index >= 15 is 0 Å². The summed E-state index contributed by atoms with van der Waals surface area (Å²) >= 11 is 0. The molecule has 0 amide bonds. The number of carboxylic acid groups (broad SMARTS) is 1. The molecule has 0 atom stereocenters. The molecule has 0 aliphatic rings. The van der Waals surface area contributed by atoms with Crippen molar-refractivity contribution in [2.24, 2.45) is 0 Å². The Balaban J connectivity index is 2.89.